The summed E-state index contributed by atoms with van der Waals surface area (Å²) in [5.41, 5.74) is 6.21. The maximum Gasteiger partial charge on any atom is 0.312 e. The molecule has 0 amide bonds. The Hall–Kier alpha value is -1.06. The standard InChI is InChI=1S/C10H12ClNO2/c1-7-2-3-8(11)9(6-7)14-10(13)4-5-12/h2-3,6H,4-5,12H2,1H3. The number of ether oxygens (including phenoxy) is 1. The molecule has 76 valence electrons. The van der Waals surface area contributed by atoms with Gasteiger partial charge in [0.25, 0.3) is 0 Å². The van der Waals surface area contributed by atoms with Crippen LogP contribution in [0.4, 0.5) is 0 Å². The first-order valence-corrected chi connectivity index (χ1v) is 4.68. The Bertz CT molecular complexity index is 339. The number of esters is 1. The van der Waals surface area contributed by atoms with Gasteiger partial charge < -0.3 is 10.5 Å². The van der Waals surface area contributed by atoms with E-state index in [2.05, 4.69) is 0 Å². The molecule has 1 aromatic carbocycles. The molecule has 0 bridgehead atoms. The smallest absolute Gasteiger partial charge is 0.312 e. The predicted octanol–water partition coefficient (Wildman–Crippen LogP) is 1.90. The van der Waals surface area contributed by atoms with Crippen LogP contribution >= 0.6 is 11.6 Å². The Labute approximate surface area is 87.8 Å². The normalized spacial score (nSPS) is 9.93. The number of hydrogen-bond donors (Lipinski definition) is 1. The number of halogens is 1. The van der Waals surface area contributed by atoms with Gasteiger partial charge in [-0.3, -0.25) is 4.79 Å². The minimum Gasteiger partial charge on any atom is -0.425 e. The number of nitrogens with two attached hydrogens (primary N) is 1. The summed E-state index contributed by atoms with van der Waals surface area (Å²) < 4.78 is 5.02. The maximum atomic E-state index is 11.1. The Kier molecular flexibility index (Phi) is 3.92. The van der Waals surface area contributed by atoms with Gasteiger partial charge in [-0.25, -0.2) is 0 Å². The fraction of sp³-hybridized carbons (Fsp3) is 0.300. The molecule has 0 fully saturated rings. The summed E-state index contributed by atoms with van der Waals surface area (Å²) in [5.74, 6) is 0.0325. The molecule has 0 aromatic heterocycles. The molecular formula is C10H12ClNO2. The van der Waals surface area contributed by atoms with Crippen molar-refractivity contribution in [3.63, 3.8) is 0 Å². The molecule has 1 aromatic rings. The lowest BCUT2D eigenvalue weighted by Gasteiger charge is -2.05. The second-order valence-corrected chi connectivity index (χ2v) is 3.35. The second kappa shape index (κ2) is 4.98. The average Bonchev–Trinajstić information content (AvgIpc) is 2.12. The van der Waals surface area contributed by atoms with Crippen LogP contribution in [0.2, 0.25) is 5.02 Å². The largest absolute Gasteiger partial charge is 0.425 e. The topological polar surface area (TPSA) is 52.3 Å². The predicted molar refractivity (Wildman–Crippen MR) is 55.5 cm³/mol. The molecule has 0 aliphatic carbocycles. The Balaban J connectivity index is 2.75. The number of carbonyl (C=O) groups is 1. The number of hydrogen-bond acceptors (Lipinski definition) is 3. The van der Waals surface area contributed by atoms with Crippen LogP contribution in [-0.4, -0.2) is 12.5 Å². The molecule has 0 saturated heterocycles. The van der Waals surface area contributed by atoms with Gasteiger partial charge in [0.05, 0.1) is 11.4 Å². The van der Waals surface area contributed by atoms with Crippen molar-refractivity contribution < 1.29 is 9.53 Å². The average molecular weight is 214 g/mol. The summed E-state index contributed by atoms with van der Waals surface area (Å²) >= 11 is 5.83. The summed E-state index contributed by atoms with van der Waals surface area (Å²) in [6, 6.07) is 5.27. The summed E-state index contributed by atoms with van der Waals surface area (Å²) in [6.45, 7) is 2.18. The summed E-state index contributed by atoms with van der Waals surface area (Å²) in [5, 5.41) is 0.431. The van der Waals surface area contributed by atoms with Gasteiger partial charge in [0.15, 0.2) is 0 Å². The van der Waals surface area contributed by atoms with Gasteiger partial charge in [-0.2, -0.15) is 0 Å². The van der Waals surface area contributed by atoms with Gasteiger partial charge >= 0.3 is 5.97 Å². The van der Waals surface area contributed by atoms with E-state index in [1.165, 1.54) is 0 Å². The van der Waals surface area contributed by atoms with Crippen molar-refractivity contribution in [1.82, 2.24) is 0 Å². The Morgan fingerprint density at radius 3 is 2.93 bits per heavy atom. The summed E-state index contributed by atoms with van der Waals surface area (Å²) in [7, 11) is 0. The zero-order valence-corrected chi connectivity index (χ0v) is 8.67. The first-order valence-electron chi connectivity index (χ1n) is 4.30. The third kappa shape index (κ3) is 3.01. The molecule has 0 aliphatic rings. The molecular weight excluding hydrogens is 202 g/mol. The van der Waals surface area contributed by atoms with Crippen molar-refractivity contribution in [3.8, 4) is 5.75 Å². The SMILES string of the molecule is Cc1ccc(Cl)c(OC(=O)CCN)c1. The highest BCUT2D eigenvalue weighted by Crippen LogP contribution is 2.25. The molecule has 0 unspecified atom stereocenters. The Morgan fingerprint density at radius 2 is 2.29 bits per heavy atom. The lowest BCUT2D eigenvalue weighted by molar-refractivity contribution is -0.134. The van der Waals surface area contributed by atoms with E-state index >= 15 is 0 Å². The van der Waals surface area contributed by atoms with Crippen molar-refractivity contribution in [2.45, 2.75) is 13.3 Å². The minimum absolute atomic E-state index is 0.199. The molecule has 0 radical (unpaired) electrons. The lowest BCUT2D eigenvalue weighted by atomic mass is 10.2. The van der Waals surface area contributed by atoms with E-state index in [0.29, 0.717) is 10.8 Å². The van der Waals surface area contributed by atoms with Crippen LogP contribution in [-0.2, 0) is 4.79 Å². The molecule has 0 atom stereocenters. The fourth-order valence-corrected chi connectivity index (χ4v) is 1.14. The van der Waals surface area contributed by atoms with E-state index in [9.17, 15) is 4.79 Å². The van der Waals surface area contributed by atoms with Gasteiger partial charge in [-0.1, -0.05) is 17.7 Å². The highest BCUT2D eigenvalue weighted by atomic mass is 35.5. The monoisotopic (exact) mass is 213 g/mol. The minimum atomic E-state index is -0.361. The van der Waals surface area contributed by atoms with E-state index in [-0.39, 0.29) is 18.9 Å². The third-order valence-electron chi connectivity index (χ3n) is 1.66. The van der Waals surface area contributed by atoms with Crippen molar-refractivity contribution >= 4 is 17.6 Å². The maximum absolute atomic E-state index is 11.1. The van der Waals surface area contributed by atoms with Crippen LogP contribution in [0.1, 0.15) is 12.0 Å². The van der Waals surface area contributed by atoms with Crippen LogP contribution in [0.15, 0.2) is 18.2 Å². The number of rotatable bonds is 3. The van der Waals surface area contributed by atoms with Crippen LogP contribution in [0.25, 0.3) is 0 Å². The van der Waals surface area contributed by atoms with E-state index in [0.717, 1.165) is 5.56 Å². The lowest BCUT2D eigenvalue weighted by Crippen LogP contribution is -2.13. The molecule has 1 rings (SSSR count). The van der Waals surface area contributed by atoms with E-state index in [4.69, 9.17) is 22.1 Å². The number of benzene rings is 1. The molecule has 0 heterocycles. The zero-order chi connectivity index (χ0) is 10.6. The number of aryl methyl sites for hydroxylation is 1. The van der Waals surface area contributed by atoms with Crippen molar-refractivity contribution in [2.75, 3.05) is 6.54 Å². The van der Waals surface area contributed by atoms with Gasteiger partial charge in [0, 0.05) is 6.54 Å². The number of carbonyl (C=O) groups excluding carboxylic acids is 1. The summed E-state index contributed by atoms with van der Waals surface area (Å²) in [6.07, 6.45) is 0.199. The summed E-state index contributed by atoms with van der Waals surface area (Å²) in [4.78, 5) is 11.1. The van der Waals surface area contributed by atoms with Crippen molar-refractivity contribution in [3.05, 3.63) is 28.8 Å². The molecule has 3 nitrogen and oxygen atoms in total. The van der Waals surface area contributed by atoms with E-state index in [1.807, 2.05) is 13.0 Å². The van der Waals surface area contributed by atoms with E-state index in [1.54, 1.807) is 12.1 Å². The molecule has 0 aliphatic heterocycles. The molecule has 14 heavy (non-hydrogen) atoms. The van der Waals surface area contributed by atoms with Crippen molar-refractivity contribution in [1.29, 1.82) is 0 Å². The van der Waals surface area contributed by atoms with Gasteiger partial charge in [0.1, 0.15) is 5.75 Å². The molecule has 0 saturated carbocycles. The van der Waals surface area contributed by atoms with Gasteiger partial charge in [-0.15, -0.1) is 0 Å². The first kappa shape index (κ1) is 11.0. The van der Waals surface area contributed by atoms with Crippen LogP contribution < -0.4 is 10.5 Å². The third-order valence-corrected chi connectivity index (χ3v) is 1.97. The highest BCUT2D eigenvalue weighted by molar-refractivity contribution is 6.32. The van der Waals surface area contributed by atoms with Crippen molar-refractivity contribution in [2.24, 2.45) is 5.73 Å². The zero-order valence-electron chi connectivity index (χ0n) is 7.92. The molecule has 4 heteroatoms. The Morgan fingerprint density at radius 1 is 1.57 bits per heavy atom. The first-order chi connectivity index (χ1) is 6.63. The molecule has 0 spiro atoms. The molecule has 2 N–H and O–H groups in total. The fourth-order valence-electron chi connectivity index (χ4n) is 0.980. The van der Waals surface area contributed by atoms with Crippen LogP contribution in [0, 0.1) is 6.92 Å². The quantitative estimate of drug-likeness (QED) is 0.617. The second-order valence-electron chi connectivity index (χ2n) is 2.95. The van der Waals surface area contributed by atoms with Crippen LogP contribution in [0.3, 0.4) is 0 Å². The van der Waals surface area contributed by atoms with E-state index < -0.39 is 0 Å². The van der Waals surface area contributed by atoms with Crippen LogP contribution in [0.5, 0.6) is 5.75 Å². The van der Waals surface area contributed by atoms with Gasteiger partial charge in [0.2, 0.25) is 0 Å². The highest BCUT2D eigenvalue weighted by Gasteiger charge is 2.07. The van der Waals surface area contributed by atoms with Gasteiger partial charge in [-0.05, 0) is 24.6 Å².